The first-order chi connectivity index (χ1) is 11.8. The maximum atomic E-state index is 8.18. The highest BCUT2D eigenvalue weighted by Crippen LogP contribution is 2.35. The molecule has 4 rings (SSSR count). The first-order valence-corrected chi connectivity index (χ1v) is 7.85. The SMILES string of the molecule is N=C(N)N(c1cccc2ccccc12)c1cccc2ccccc12. The van der Waals surface area contributed by atoms with Crippen LogP contribution >= 0.6 is 0 Å². The zero-order valence-electron chi connectivity index (χ0n) is 13.1. The summed E-state index contributed by atoms with van der Waals surface area (Å²) >= 11 is 0. The van der Waals surface area contributed by atoms with Crippen molar-refractivity contribution in [1.29, 1.82) is 5.41 Å². The van der Waals surface area contributed by atoms with Crippen LogP contribution in [0.15, 0.2) is 84.9 Å². The number of benzene rings is 4. The van der Waals surface area contributed by atoms with Gasteiger partial charge in [0.2, 0.25) is 0 Å². The van der Waals surface area contributed by atoms with E-state index in [0.717, 1.165) is 32.9 Å². The summed E-state index contributed by atoms with van der Waals surface area (Å²) in [5, 5.41) is 12.6. The number of nitrogens with zero attached hydrogens (tertiary/aromatic N) is 1. The summed E-state index contributed by atoms with van der Waals surface area (Å²) in [5.41, 5.74) is 7.82. The molecule has 0 bridgehead atoms. The number of hydrogen-bond acceptors (Lipinski definition) is 1. The van der Waals surface area contributed by atoms with Crippen molar-refractivity contribution < 1.29 is 0 Å². The van der Waals surface area contributed by atoms with Crippen LogP contribution in [-0.4, -0.2) is 5.96 Å². The molecule has 24 heavy (non-hydrogen) atoms. The predicted octanol–water partition coefficient (Wildman–Crippen LogP) is 5.02. The second-order valence-corrected chi connectivity index (χ2v) is 5.72. The van der Waals surface area contributed by atoms with Gasteiger partial charge >= 0.3 is 0 Å². The second kappa shape index (κ2) is 5.70. The second-order valence-electron chi connectivity index (χ2n) is 5.72. The lowest BCUT2D eigenvalue weighted by Gasteiger charge is -2.25. The van der Waals surface area contributed by atoms with Gasteiger partial charge in [-0.1, -0.05) is 72.8 Å². The fourth-order valence-electron chi connectivity index (χ4n) is 3.20. The topological polar surface area (TPSA) is 53.1 Å². The van der Waals surface area contributed by atoms with Crippen LogP contribution in [0.5, 0.6) is 0 Å². The van der Waals surface area contributed by atoms with Crippen molar-refractivity contribution in [2.24, 2.45) is 5.73 Å². The van der Waals surface area contributed by atoms with Crippen LogP contribution in [-0.2, 0) is 0 Å². The Balaban J connectivity index is 2.02. The average molecular weight is 311 g/mol. The smallest absolute Gasteiger partial charge is 0.197 e. The molecule has 0 aromatic heterocycles. The van der Waals surface area contributed by atoms with Crippen molar-refractivity contribution >= 4 is 38.9 Å². The third-order valence-corrected chi connectivity index (χ3v) is 4.26. The van der Waals surface area contributed by atoms with Crippen molar-refractivity contribution in [3.05, 3.63) is 84.9 Å². The highest BCUT2D eigenvalue weighted by molar-refractivity contribution is 6.12. The molecule has 0 atom stereocenters. The van der Waals surface area contributed by atoms with E-state index in [-0.39, 0.29) is 5.96 Å². The van der Waals surface area contributed by atoms with Gasteiger partial charge in [-0.25, -0.2) is 0 Å². The Hall–Kier alpha value is -3.33. The molecular formula is C21H17N3. The van der Waals surface area contributed by atoms with E-state index in [1.165, 1.54) is 0 Å². The molecule has 0 radical (unpaired) electrons. The van der Waals surface area contributed by atoms with Crippen LogP contribution in [0.25, 0.3) is 21.5 Å². The Labute approximate surface area is 140 Å². The van der Waals surface area contributed by atoms with Gasteiger partial charge in [0.05, 0.1) is 11.4 Å². The molecule has 0 saturated carbocycles. The molecule has 0 spiro atoms. The minimum absolute atomic E-state index is 0.00251. The molecule has 0 fully saturated rings. The first kappa shape index (κ1) is 14.3. The van der Waals surface area contributed by atoms with Gasteiger partial charge in [0.15, 0.2) is 5.96 Å². The Kier molecular flexibility index (Phi) is 3.39. The van der Waals surface area contributed by atoms with Gasteiger partial charge in [0, 0.05) is 10.8 Å². The molecule has 4 aromatic rings. The Bertz CT molecular complexity index is 963. The third kappa shape index (κ3) is 2.27. The van der Waals surface area contributed by atoms with Crippen LogP contribution in [0.4, 0.5) is 11.4 Å². The lowest BCUT2D eigenvalue weighted by molar-refractivity contribution is 1.27. The monoisotopic (exact) mass is 311 g/mol. The van der Waals surface area contributed by atoms with Gasteiger partial charge in [-0.3, -0.25) is 10.3 Å². The quantitative estimate of drug-likeness (QED) is 0.403. The van der Waals surface area contributed by atoms with Gasteiger partial charge in [0.25, 0.3) is 0 Å². The van der Waals surface area contributed by atoms with E-state index in [2.05, 4.69) is 36.4 Å². The van der Waals surface area contributed by atoms with Crippen molar-refractivity contribution in [3.63, 3.8) is 0 Å². The van der Waals surface area contributed by atoms with E-state index in [9.17, 15) is 0 Å². The van der Waals surface area contributed by atoms with E-state index in [1.54, 1.807) is 0 Å². The van der Waals surface area contributed by atoms with Gasteiger partial charge in [0.1, 0.15) is 0 Å². The number of fused-ring (bicyclic) bond motifs is 2. The molecule has 3 nitrogen and oxygen atoms in total. The fourth-order valence-corrected chi connectivity index (χ4v) is 3.20. The zero-order chi connectivity index (χ0) is 16.5. The molecule has 0 saturated heterocycles. The van der Waals surface area contributed by atoms with Gasteiger partial charge in [-0.2, -0.15) is 0 Å². The third-order valence-electron chi connectivity index (χ3n) is 4.26. The summed E-state index contributed by atoms with van der Waals surface area (Å²) in [6.07, 6.45) is 0. The molecule has 0 unspecified atom stereocenters. The van der Waals surface area contributed by atoms with Crippen LogP contribution in [0.1, 0.15) is 0 Å². The number of nitrogens with two attached hydrogens (primary N) is 1. The van der Waals surface area contributed by atoms with Crippen molar-refractivity contribution in [1.82, 2.24) is 0 Å². The molecule has 0 aliphatic heterocycles. The van der Waals surface area contributed by atoms with Crippen LogP contribution in [0.2, 0.25) is 0 Å². The Morgan fingerprint density at radius 3 is 1.50 bits per heavy atom. The summed E-state index contributed by atoms with van der Waals surface area (Å²) < 4.78 is 0. The minimum atomic E-state index is 0.00251. The Morgan fingerprint density at radius 1 is 0.625 bits per heavy atom. The van der Waals surface area contributed by atoms with Gasteiger partial charge in [-0.05, 0) is 22.9 Å². The number of guanidine groups is 1. The number of anilines is 2. The zero-order valence-corrected chi connectivity index (χ0v) is 13.1. The molecule has 4 aromatic carbocycles. The lowest BCUT2D eigenvalue weighted by Crippen LogP contribution is -2.32. The fraction of sp³-hybridized carbons (Fsp3) is 0. The van der Waals surface area contributed by atoms with Gasteiger partial charge in [-0.15, -0.1) is 0 Å². The maximum Gasteiger partial charge on any atom is 0.197 e. The van der Waals surface area contributed by atoms with Crippen LogP contribution in [0, 0.1) is 5.41 Å². The summed E-state index contributed by atoms with van der Waals surface area (Å²) in [6, 6.07) is 28.5. The standard InChI is InChI=1S/C21H17N3/c22-21(23)24(19-13-5-9-15-7-1-3-11-17(15)19)20-14-6-10-16-8-2-4-12-18(16)20/h1-14H,(H3,22,23). The number of rotatable bonds is 2. The predicted molar refractivity (Wildman–Crippen MR) is 102 cm³/mol. The highest BCUT2D eigenvalue weighted by Gasteiger charge is 2.17. The summed E-state index contributed by atoms with van der Waals surface area (Å²) in [5.74, 6) is 0.00251. The van der Waals surface area contributed by atoms with Crippen LogP contribution in [0.3, 0.4) is 0 Å². The van der Waals surface area contributed by atoms with E-state index < -0.39 is 0 Å². The minimum Gasteiger partial charge on any atom is -0.369 e. The summed E-state index contributed by atoms with van der Waals surface area (Å²) in [7, 11) is 0. The molecule has 3 heteroatoms. The van der Waals surface area contributed by atoms with Gasteiger partial charge < -0.3 is 5.73 Å². The van der Waals surface area contributed by atoms with Crippen molar-refractivity contribution in [2.45, 2.75) is 0 Å². The van der Waals surface area contributed by atoms with Crippen LogP contribution < -0.4 is 10.6 Å². The maximum absolute atomic E-state index is 8.18. The molecule has 0 aliphatic rings. The molecule has 3 N–H and O–H groups in total. The largest absolute Gasteiger partial charge is 0.369 e. The van der Waals surface area contributed by atoms with E-state index >= 15 is 0 Å². The summed E-state index contributed by atoms with van der Waals surface area (Å²) in [4.78, 5) is 1.81. The molecule has 0 aliphatic carbocycles. The summed E-state index contributed by atoms with van der Waals surface area (Å²) in [6.45, 7) is 0. The normalized spacial score (nSPS) is 10.8. The van der Waals surface area contributed by atoms with Crippen molar-refractivity contribution in [2.75, 3.05) is 4.90 Å². The number of hydrogen-bond donors (Lipinski definition) is 2. The number of nitrogens with one attached hydrogen (secondary N) is 1. The molecular weight excluding hydrogens is 294 g/mol. The highest BCUT2D eigenvalue weighted by atomic mass is 15.2. The average Bonchev–Trinajstić information content (AvgIpc) is 2.62. The lowest BCUT2D eigenvalue weighted by atomic mass is 10.0. The molecule has 116 valence electrons. The molecule has 0 heterocycles. The van der Waals surface area contributed by atoms with E-state index in [4.69, 9.17) is 11.1 Å². The van der Waals surface area contributed by atoms with E-state index in [1.807, 2.05) is 53.4 Å². The molecule has 0 amide bonds. The Morgan fingerprint density at radius 2 is 1.04 bits per heavy atom. The van der Waals surface area contributed by atoms with Crippen molar-refractivity contribution in [3.8, 4) is 0 Å². The van der Waals surface area contributed by atoms with E-state index in [0.29, 0.717) is 0 Å². The first-order valence-electron chi connectivity index (χ1n) is 7.85.